The van der Waals surface area contributed by atoms with E-state index < -0.39 is 0 Å². The Morgan fingerprint density at radius 2 is 2.24 bits per heavy atom. The number of hydrogen-bond acceptors (Lipinski definition) is 5. The van der Waals surface area contributed by atoms with Crippen LogP contribution in [0.5, 0.6) is 0 Å². The van der Waals surface area contributed by atoms with Crippen LogP contribution in [0.4, 0.5) is 0 Å². The van der Waals surface area contributed by atoms with Gasteiger partial charge in [0.25, 0.3) is 11.5 Å². The van der Waals surface area contributed by atoms with E-state index in [0.717, 1.165) is 6.54 Å². The number of aromatic nitrogens is 2. The molecule has 0 aromatic carbocycles. The molecule has 2 aromatic heterocycles. The highest BCUT2D eigenvalue weighted by atomic mass is 35.5. The minimum atomic E-state index is -0.378. The van der Waals surface area contributed by atoms with Gasteiger partial charge in [0.05, 0.1) is 11.9 Å². The summed E-state index contributed by atoms with van der Waals surface area (Å²) in [6.45, 7) is 6.91. The number of hydrogen-bond donors (Lipinski definition) is 3. The van der Waals surface area contributed by atoms with E-state index in [1.807, 2.05) is 13.8 Å². The van der Waals surface area contributed by atoms with Crippen molar-refractivity contribution in [2.75, 3.05) is 13.1 Å². The first-order valence-electron chi connectivity index (χ1n) is 6.53. The number of amides is 1. The van der Waals surface area contributed by atoms with Gasteiger partial charge in [0.15, 0.2) is 0 Å². The van der Waals surface area contributed by atoms with Crippen LogP contribution in [0.15, 0.2) is 15.5 Å². The number of fused-ring (bicyclic) bond motifs is 1. The van der Waals surface area contributed by atoms with E-state index >= 15 is 0 Å². The molecule has 0 saturated carbocycles. The lowest BCUT2D eigenvalue weighted by atomic mass is 10.1. The van der Waals surface area contributed by atoms with Gasteiger partial charge in [0.1, 0.15) is 11.1 Å². The molecule has 0 fully saturated rings. The number of halogens is 1. The van der Waals surface area contributed by atoms with Crippen molar-refractivity contribution < 1.29 is 9.21 Å². The Morgan fingerprint density at radius 1 is 1.52 bits per heavy atom. The van der Waals surface area contributed by atoms with E-state index in [1.54, 1.807) is 6.92 Å². The molecule has 21 heavy (non-hydrogen) atoms. The highest BCUT2D eigenvalue weighted by Crippen LogP contribution is 2.19. The van der Waals surface area contributed by atoms with E-state index in [-0.39, 0.29) is 46.6 Å². The van der Waals surface area contributed by atoms with Crippen molar-refractivity contribution in [3.8, 4) is 0 Å². The monoisotopic (exact) mass is 314 g/mol. The third kappa shape index (κ3) is 3.62. The number of rotatable bonds is 5. The minimum Gasteiger partial charge on any atom is -0.442 e. The second kappa shape index (κ2) is 7.24. The van der Waals surface area contributed by atoms with Crippen LogP contribution in [0.1, 0.15) is 30.0 Å². The average molecular weight is 315 g/mol. The van der Waals surface area contributed by atoms with E-state index in [9.17, 15) is 9.59 Å². The van der Waals surface area contributed by atoms with Crippen LogP contribution in [0, 0.1) is 6.92 Å². The Hall–Kier alpha value is -1.86. The van der Waals surface area contributed by atoms with Crippen molar-refractivity contribution in [3.05, 3.63) is 28.0 Å². The summed E-state index contributed by atoms with van der Waals surface area (Å²) in [5, 5.41) is 6.17. The molecule has 0 aliphatic rings. The molecule has 2 aromatic rings. The number of likely N-dealkylation sites (N-methyl/N-ethyl adjacent to an activating group) is 1. The molecule has 0 unspecified atom stereocenters. The van der Waals surface area contributed by atoms with Gasteiger partial charge in [0, 0.05) is 12.6 Å². The fourth-order valence-electron chi connectivity index (χ4n) is 2.08. The van der Waals surface area contributed by atoms with Gasteiger partial charge < -0.3 is 20.0 Å². The summed E-state index contributed by atoms with van der Waals surface area (Å²) in [5.74, 6) is 0.0577. The van der Waals surface area contributed by atoms with Crippen LogP contribution in [-0.2, 0) is 0 Å². The molecule has 0 bridgehead atoms. The fourth-order valence-corrected chi connectivity index (χ4v) is 2.08. The quantitative estimate of drug-likeness (QED) is 0.763. The SMILES string of the molecule is CCN[C@H](C)CNC(=O)c1c(C)oc2nc[nH]c(=O)c12.Cl. The van der Waals surface area contributed by atoms with E-state index in [0.29, 0.717) is 12.3 Å². The summed E-state index contributed by atoms with van der Waals surface area (Å²) < 4.78 is 5.35. The van der Waals surface area contributed by atoms with Crippen LogP contribution in [0.25, 0.3) is 11.1 Å². The van der Waals surface area contributed by atoms with E-state index in [4.69, 9.17) is 4.42 Å². The number of nitrogens with one attached hydrogen (secondary N) is 3. The zero-order chi connectivity index (χ0) is 14.7. The second-order valence-electron chi connectivity index (χ2n) is 4.61. The van der Waals surface area contributed by atoms with Gasteiger partial charge in [-0.3, -0.25) is 9.59 Å². The zero-order valence-electron chi connectivity index (χ0n) is 12.1. The zero-order valence-corrected chi connectivity index (χ0v) is 13.0. The molecule has 2 heterocycles. The highest BCUT2D eigenvalue weighted by molar-refractivity contribution is 6.06. The molecular weight excluding hydrogens is 296 g/mol. The Balaban J connectivity index is 0.00000220. The first-order chi connectivity index (χ1) is 9.54. The summed E-state index contributed by atoms with van der Waals surface area (Å²) in [7, 11) is 0. The maximum atomic E-state index is 12.2. The predicted octanol–water partition coefficient (Wildman–Crippen LogP) is 0.974. The Labute approximate surface area is 127 Å². The Bertz CT molecular complexity index is 680. The van der Waals surface area contributed by atoms with Gasteiger partial charge in [0.2, 0.25) is 5.71 Å². The highest BCUT2D eigenvalue weighted by Gasteiger charge is 2.21. The Morgan fingerprint density at radius 3 is 2.90 bits per heavy atom. The third-order valence-electron chi connectivity index (χ3n) is 3.02. The van der Waals surface area contributed by atoms with Gasteiger partial charge in [-0.05, 0) is 20.4 Å². The largest absolute Gasteiger partial charge is 0.442 e. The molecule has 1 atom stereocenters. The third-order valence-corrected chi connectivity index (χ3v) is 3.02. The molecule has 7 nitrogen and oxygen atoms in total. The molecule has 0 aliphatic carbocycles. The topological polar surface area (TPSA) is 100 Å². The molecule has 1 amide bonds. The van der Waals surface area contributed by atoms with E-state index in [2.05, 4.69) is 20.6 Å². The van der Waals surface area contributed by atoms with E-state index in [1.165, 1.54) is 6.33 Å². The van der Waals surface area contributed by atoms with Gasteiger partial charge in [-0.2, -0.15) is 0 Å². The number of aryl methyl sites for hydroxylation is 1. The molecule has 8 heteroatoms. The molecule has 116 valence electrons. The summed E-state index contributed by atoms with van der Waals surface area (Å²) in [6.07, 6.45) is 1.25. The Kier molecular flexibility index (Phi) is 5.92. The van der Waals surface area contributed by atoms with Gasteiger partial charge in [-0.15, -0.1) is 12.4 Å². The maximum absolute atomic E-state index is 12.2. The van der Waals surface area contributed by atoms with Crippen molar-refractivity contribution in [3.63, 3.8) is 0 Å². The van der Waals surface area contributed by atoms with Crippen molar-refractivity contribution in [2.45, 2.75) is 26.8 Å². The van der Waals surface area contributed by atoms with Crippen LogP contribution in [-0.4, -0.2) is 35.0 Å². The minimum absolute atomic E-state index is 0. The summed E-state index contributed by atoms with van der Waals surface area (Å²) >= 11 is 0. The maximum Gasteiger partial charge on any atom is 0.262 e. The van der Waals surface area contributed by atoms with Crippen molar-refractivity contribution in [1.29, 1.82) is 0 Å². The molecule has 0 saturated heterocycles. The number of aromatic amines is 1. The van der Waals surface area contributed by atoms with Crippen LogP contribution < -0.4 is 16.2 Å². The first kappa shape index (κ1) is 17.2. The van der Waals surface area contributed by atoms with Crippen LogP contribution >= 0.6 is 12.4 Å². The number of H-pyrrole nitrogens is 1. The average Bonchev–Trinajstić information content (AvgIpc) is 2.74. The second-order valence-corrected chi connectivity index (χ2v) is 4.61. The smallest absolute Gasteiger partial charge is 0.262 e. The number of furan rings is 1. The van der Waals surface area contributed by atoms with Gasteiger partial charge in [-0.25, -0.2) is 4.98 Å². The van der Waals surface area contributed by atoms with Crippen molar-refractivity contribution in [1.82, 2.24) is 20.6 Å². The number of carbonyl (C=O) groups is 1. The molecule has 0 spiro atoms. The molecule has 0 aliphatic heterocycles. The number of carbonyl (C=O) groups excluding carboxylic acids is 1. The number of nitrogens with zero attached hydrogens (tertiary/aromatic N) is 1. The summed E-state index contributed by atoms with van der Waals surface area (Å²) in [6, 6.07) is 0.152. The fraction of sp³-hybridized carbons (Fsp3) is 0.462. The lowest BCUT2D eigenvalue weighted by molar-refractivity contribution is 0.0950. The van der Waals surface area contributed by atoms with Crippen LogP contribution in [0.3, 0.4) is 0 Å². The lowest BCUT2D eigenvalue weighted by Crippen LogP contribution is -2.39. The van der Waals surface area contributed by atoms with Gasteiger partial charge in [-0.1, -0.05) is 6.92 Å². The predicted molar refractivity (Wildman–Crippen MR) is 82.1 cm³/mol. The van der Waals surface area contributed by atoms with Crippen molar-refractivity contribution >= 4 is 29.4 Å². The molecular formula is C13H19ClN4O3. The first-order valence-corrected chi connectivity index (χ1v) is 6.53. The normalized spacial score (nSPS) is 12.0. The lowest BCUT2D eigenvalue weighted by Gasteiger charge is -2.12. The van der Waals surface area contributed by atoms with Gasteiger partial charge >= 0.3 is 0 Å². The molecule has 2 rings (SSSR count). The van der Waals surface area contributed by atoms with Crippen molar-refractivity contribution in [2.24, 2.45) is 0 Å². The van der Waals surface area contributed by atoms with Crippen LogP contribution in [0.2, 0.25) is 0 Å². The summed E-state index contributed by atoms with van der Waals surface area (Å²) in [4.78, 5) is 30.4. The molecule has 3 N–H and O–H groups in total. The standard InChI is InChI=1S/C13H18N4O3.ClH/c1-4-14-7(2)5-15-11(18)9-8(3)20-13-10(9)12(19)16-6-17-13;/h6-7,14H,4-5H2,1-3H3,(H,15,18)(H,16,17,19);1H/t7-;/m1./s1. The molecule has 0 radical (unpaired) electrons. The summed E-state index contributed by atoms with van der Waals surface area (Å²) in [5.41, 5.74) is 0.0471.